The topological polar surface area (TPSA) is 6.48 Å². The molecule has 13 aromatic carbocycles. The van der Waals surface area contributed by atoms with Crippen LogP contribution in [0.1, 0.15) is 69.5 Å². The lowest BCUT2D eigenvalue weighted by molar-refractivity contribution is 0.662. The fraction of sp³-hybridized carbons (Fsp3) is 0.0864. The fourth-order valence-corrected chi connectivity index (χ4v) is 15.8. The Morgan fingerprint density at radius 1 is 0.241 bits per heavy atom. The van der Waals surface area contributed by atoms with E-state index in [0.29, 0.717) is 0 Å². The smallest absolute Gasteiger partial charge is 0.0748 e. The molecule has 16 rings (SSSR count). The monoisotopic (exact) mass is 1060 g/mol. The molecule has 0 saturated heterocycles. The van der Waals surface area contributed by atoms with Gasteiger partial charge in [0.05, 0.1) is 10.8 Å². The molecule has 2 nitrogen and oxygen atoms in total. The number of benzene rings is 13. The van der Waals surface area contributed by atoms with Gasteiger partial charge in [-0.25, -0.2) is 0 Å². The van der Waals surface area contributed by atoms with E-state index in [2.05, 4.69) is 329 Å². The van der Waals surface area contributed by atoms with Crippen LogP contribution >= 0.6 is 0 Å². The van der Waals surface area contributed by atoms with Crippen LogP contribution in [-0.2, 0) is 16.2 Å². The van der Waals surface area contributed by atoms with Crippen LogP contribution in [0.25, 0.3) is 66.1 Å². The average molecular weight is 1060 g/mol. The van der Waals surface area contributed by atoms with Gasteiger partial charge in [-0.1, -0.05) is 275 Å². The van der Waals surface area contributed by atoms with Gasteiger partial charge in [0.1, 0.15) is 0 Å². The Kier molecular flexibility index (Phi) is 10.9. The molecule has 0 saturated carbocycles. The fourth-order valence-electron chi connectivity index (χ4n) is 15.8. The van der Waals surface area contributed by atoms with E-state index in [0.717, 1.165) is 0 Å². The second-order valence-electron chi connectivity index (χ2n) is 23.5. The van der Waals surface area contributed by atoms with Crippen molar-refractivity contribution in [2.24, 2.45) is 0 Å². The van der Waals surface area contributed by atoms with Crippen LogP contribution in [0.15, 0.2) is 291 Å². The Morgan fingerprint density at radius 2 is 0.554 bits per heavy atom. The summed E-state index contributed by atoms with van der Waals surface area (Å²) >= 11 is 0. The third-order valence-corrected chi connectivity index (χ3v) is 19.2. The zero-order valence-corrected chi connectivity index (χ0v) is 47.1. The maximum absolute atomic E-state index is 2.57. The number of hydrogen-bond donors (Lipinski definition) is 0. The lowest BCUT2D eigenvalue weighted by Crippen LogP contribution is -2.38. The third kappa shape index (κ3) is 6.72. The van der Waals surface area contributed by atoms with Gasteiger partial charge in [-0.15, -0.1) is 0 Å². The molecule has 394 valence electrons. The van der Waals surface area contributed by atoms with E-state index in [1.807, 2.05) is 0 Å². The van der Waals surface area contributed by atoms with Crippen molar-refractivity contribution in [2.45, 2.75) is 30.1 Å². The van der Waals surface area contributed by atoms with Crippen LogP contribution < -0.4 is 9.80 Å². The first-order valence-electron chi connectivity index (χ1n) is 29.2. The summed E-state index contributed by atoms with van der Waals surface area (Å²) in [4.78, 5) is 4.85. The number of nitrogens with zero attached hydrogens (tertiary/aromatic N) is 2. The summed E-state index contributed by atoms with van der Waals surface area (Å²) in [5.41, 5.74) is 25.8. The Hall–Kier alpha value is -10.0. The summed E-state index contributed by atoms with van der Waals surface area (Å²) in [5, 5.41) is 4.88. The van der Waals surface area contributed by atoms with Gasteiger partial charge in [0, 0.05) is 53.4 Å². The summed E-state index contributed by atoms with van der Waals surface area (Å²) in [5.74, 6) is 0. The van der Waals surface area contributed by atoms with Crippen LogP contribution in [0.5, 0.6) is 0 Å². The molecule has 2 heterocycles. The lowest BCUT2D eigenvalue weighted by Gasteiger charge is -2.46. The first kappa shape index (κ1) is 48.8. The number of fused-ring (bicyclic) bond motifs is 9. The van der Waals surface area contributed by atoms with Gasteiger partial charge in [0.15, 0.2) is 0 Å². The Labute approximate surface area is 486 Å². The predicted molar refractivity (Wildman–Crippen MR) is 348 cm³/mol. The zero-order chi connectivity index (χ0) is 55.6. The second kappa shape index (κ2) is 18.5. The highest BCUT2D eigenvalue weighted by Gasteiger charge is 2.49. The highest BCUT2D eigenvalue weighted by molar-refractivity contribution is 6.20. The van der Waals surface area contributed by atoms with E-state index in [-0.39, 0.29) is 5.41 Å². The van der Waals surface area contributed by atoms with Crippen molar-refractivity contribution in [1.29, 1.82) is 0 Å². The molecule has 0 N–H and O–H groups in total. The van der Waals surface area contributed by atoms with Gasteiger partial charge >= 0.3 is 0 Å². The van der Waals surface area contributed by atoms with Gasteiger partial charge in [0.2, 0.25) is 0 Å². The van der Waals surface area contributed by atoms with E-state index in [9.17, 15) is 0 Å². The van der Waals surface area contributed by atoms with Crippen LogP contribution in [0.2, 0.25) is 0 Å². The van der Waals surface area contributed by atoms with Gasteiger partial charge in [-0.05, 0) is 141 Å². The molecule has 0 aromatic heterocycles. The minimum Gasteiger partial charge on any atom is -0.344 e. The summed E-state index contributed by atoms with van der Waals surface area (Å²) in [7, 11) is 4.50. The summed E-state index contributed by atoms with van der Waals surface area (Å²) < 4.78 is 0. The van der Waals surface area contributed by atoms with Crippen LogP contribution in [0.4, 0.5) is 22.7 Å². The second-order valence-corrected chi connectivity index (χ2v) is 23.5. The van der Waals surface area contributed by atoms with Crippen molar-refractivity contribution in [2.75, 3.05) is 23.9 Å². The molecule has 0 radical (unpaired) electrons. The average Bonchev–Trinajstić information content (AvgIpc) is 3.15. The van der Waals surface area contributed by atoms with Crippen molar-refractivity contribution < 1.29 is 0 Å². The Bertz CT molecular complexity index is 4400. The van der Waals surface area contributed by atoms with Crippen molar-refractivity contribution in [3.8, 4) is 44.5 Å². The number of para-hydroxylation sites is 2. The zero-order valence-electron chi connectivity index (χ0n) is 47.1. The van der Waals surface area contributed by atoms with Crippen molar-refractivity contribution in [3.05, 3.63) is 347 Å². The molecule has 0 amide bonds. The van der Waals surface area contributed by atoms with E-state index in [1.165, 1.54) is 144 Å². The third-order valence-electron chi connectivity index (χ3n) is 19.2. The summed E-state index contributed by atoms with van der Waals surface area (Å²) in [6, 6.07) is 110. The van der Waals surface area contributed by atoms with Gasteiger partial charge in [-0.2, -0.15) is 0 Å². The highest BCUT2D eigenvalue weighted by Crippen LogP contribution is 2.62. The molecule has 1 aliphatic carbocycles. The summed E-state index contributed by atoms with van der Waals surface area (Å²) in [6.07, 6.45) is 0. The molecular weight excluding hydrogens is 1000 g/mol. The molecule has 13 aromatic rings. The van der Waals surface area contributed by atoms with Crippen molar-refractivity contribution in [3.63, 3.8) is 0 Å². The molecule has 0 spiro atoms. The molecule has 0 bridgehead atoms. The van der Waals surface area contributed by atoms with Crippen molar-refractivity contribution >= 4 is 44.3 Å². The molecule has 0 fully saturated rings. The Morgan fingerprint density at radius 3 is 1.00 bits per heavy atom. The molecule has 3 aliphatic rings. The minimum absolute atomic E-state index is 0.269. The van der Waals surface area contributed by atoms with E-state index >= 15 is 0 Å². The van der Waals surface area contributed by atoms with Gasteiger partial charge in [-0.3, -0.25) is 0 Å². The normalized spacial score (nSPS) is 14.7. The quantitative estimate of drug-likeness (QED) is 0.147. The molecule has 2 aliphatic heterocycles. The van der Waals surface area contributed by atoms with Crippen molar-refractivity contribution in [1.82, 2.24) is 0 Å². The molecular formula is C81H60N2. The van der Waals surface area contributed by atoms with Crippen LogP contribution in [0, 0.1) is 0 Å². The van der Waals surface area contributed by atoms with E-state index in [4.69, 9.17) is 0 Å². The van der Waals surface area contributed by atoms with Crippen LogP contribution in [0.3, 0.4) is 0 Å². The first-order valence-corrected chi connectivity index (χ1v) is 29.2. The van der Waals surface area contributed by atoms with Gasteiger partial charge in [0.25, 0.3) is 0 Å². The SMILES string of the molecule is CN1c2ccccc2C(c2ccccc2)(c2ccccc2)c2c(-c3cccc4c(-c5cccc6c5C(C)(C)c5ccccc5-6)c5cccc(-c6cccc7c6C(c6ccccc6)(c6ccccc6)c6ccccc6N7C)c5cc34)cccc21. The van der Waals surface area contributed by atoms with E-state index in [1.54, 1.807) is 0 Å². The number of anilines is 4. The first-order chi connectivity index (χ1) is 40.8. The molecule has 0 unspecified atom stereocenters. The molecule has 2 heteroatoms. The lowest BCUT2D eigenvalue weighted by atomic mass is 9.60. The molecule has 83 heavy (non-hydrogen) atoms. The standard InChI is InChI=1S/C81H60N2/c1-79(2)68-45-18-17-36-59(68)64-41-25-44-65(76(64)79)75-60-39-23-37-57(62-42-26-50-73-77(62)80(53-28-9-5-10-29-53,54-30-11-6-12-31-54)69-46-19-21-48-71(69)82(73)3)66(60)52-67-58(38-24-40-61(67)75)63-43-27-51-74-78(63)81(55-32-13-7-14-33-55,56-34-15-8-16-35-56)70-47-20-22-49-72(70)83(74)4/h5-52H,1-4H3. The summed E-state index contributed by atoms with van der Waals surface area (Å²) in [6.45, 7) is 4.86. The Balaban J connectivity index is 1.07. The minimum atomic E-state index is -0.676. The maximum Gasteiger partial charge on any atom is 0.0748 e. The highest BCUT2D eigenvalue weighted by atomic mass is 15.1. The van der Waals surface area contributed by atoms with Crippen LogP contribution in [-0.4, -0.2) is 14.1 Å². The van der Waals surface area contributed by atoms with Gasteiger partial charge < -0.3 is 9.80 Å². The predicted octanol–water partition coefficient (Wildman–Crippen LogP) is 20.2. The largest absolute Gasteiger partial charge is 0.344 e. The molecule has 0 atom stereocenters. The number of hydrogen-bond acceptors (Lipinski definition) is 2. The maximum atomic E-state index is 2.57. The number of rotatable bonds is 7. The van der Waals surface area contributed by atoms with E-state index < -0.39 is 10.8 Å².